The normalized spacial score (nSPS) is 11.7. The molecule has 0 radical (unpaired) electrons. The molecule has 1 aromatic heterocycles. The third-order valence-electron chi connectivity index (χ3n) is 2.63. The van der Waals surface area contributed by atoms with Gasteiger partial charge in [-0.25, -0.2) is 9.97 Å². The van der Waals surface area contributed by atoms with Crippen molar-refractivity contribution in [2.24, 2.45) is 0 Å². The Morgan fingerprint density at radius 3 is 2.62 bits per heavy atom. The first-order valence-electron chi connectivity index (χ1n) is 5.66. The van der Waals surface area contributed by atoms with E-state index < -0.39 is 24.5 Å². The van der Waals surface area contributed by atoms with Crippen LogP contribution in [0, 0.1) is 0 Å². The Kier molecular flexibility index (Phi) is 4.04. The van der Waals surface area contributed by atoms with Crippen molar-refractivity contribution in [3.8, 4) is 0 Å². The topological polar surface area (TPSA) is 66.3 Å². The molecule has 5 nitrogen and oxygen atoms in total. The molecule has 0 amide bonds. The van der Waals surface area contributed by atoms with Crippen molar-refractivity contribution in [1.29, 1.82) is 0 Å². The van der Waals surface area contributed by atoms with Crippen LogP contribution in [0.25, 0.3) is 10.9 Å². The smallest absolute Gasteiger partial charge is 0.451 e. The van der Waals surface area contributed by atoms with Crippen LogP contribution < -0.4 is 4.90 Å². The minimum absolute atomic E-state index is 0.0870. The summed E-state index contributed by atoms with van der Waals surface area (Å²) in [7, 11) is 1.36. The van der Waals surface area contributed by atoms with Gasteiger partial charge in [0.05, 0.1) is 5.52 Å². The Bertz CT molecular complexity index is 706. The zero-order valence-electron chi connectivity index (χ0n) is 10.6. The van der Waals surface area contributed by atoms with Gasteiger partial charge in [-0.2, -0.15) is 13.2 Å². The molecule has 0 fully saturated rings. The second-order valence-electron chi connectivity index (χ2n) is 4.28. The van der Waals surface area contributed by atoms with E-state index in [2.05, 4.69) is 25.9 Å². The fourth-order valence-corrected chi connectivity index (χ4v) is 2.14. The lowest BCUT2D eigenvalue weighted by atomic mass is 10.2. The van der Waals surface area contributed by atoms with E-state index in [0.717, 1.165) is 4.90 Å². The minimum Gasteiger partial charge on any atom is -0.480 e. The molecule has 9 heteroatoms. The second kappa shape index (κ2) is 5.47. The maximum Gasteiger partial charge on any atom is 0.451 e. The van der Waals surface area contributed by atoms with Crippen molar-refractivity contribution < 1.29 is 23.1 Å². The summed E-state index contributed by atoms with van der Waals surface area (Å²) in [5.41, 5.74) is 0.0905. The summed E-state index contributed by atoms with van der Waals surface area (Å²) in [5.74, 6) is -2.56. The zero-order valence-corrected chi connectivity index (χ0v) is 12.2. The van der Waals surface area contributed by atoms with Gasteiger partial charge in [0.1, 0.15) is 12.4 Å². The fourth-order valence-electron chi connectivity index (χ4n) is 1.78. The quantitative estimate of drug-likeness (QED) is 0.907. The van der Waals surface area contributed by atoms with Gasteiger partial charge in [0.2, 0.25) is 5.82 Å². The molecule has 0 aliphatic rings. The van der Waals surface area contributed by atoms with Crippen LogP contribution in [0.3, 0.4) is 0 Å². The number of likely N-dealkylation sites (N-methyl/N-ethyl adjacent to an activating group) is 1. The SMILES string of the molecule is CN(CC(=O)O)c1nc(C(F)(F)F)nc2ccc(Br)cc12. The number of rotatable bonds is 3. The third kappa shape index (κ3) is 3.41. The van der Waals surface area contributed by atoms with Gasteiger partial charge in [0.25, 0.3) is 0 Å². The average Bonchev–Trinajstić information content (AvgIpc) is 2.35. The molecule has 2 aromatic rings. The summed E-state index contributed by atoms with van der Waals surface area (Å²) in [6, 6.07) is 4.51. The summed E-state index contributed by atoms with van der Waals surface area (Å²) in [6.07, 6.45) is -4.71. The van der Waals surface area contributed by atoms with Crippen LogP contribution >= 0.6 is 15.9 Å². The first-order valence-corrected chi connectivity index (χ1v) is 6.45. The van der Waals surface area contributed by atoms with E-state index in [0.29, 0.717) is 9.86 Å². The van der Waals surface area contributed by atoms with E-state index in [1.165, 1.54) is 13.1 Å². The number of alkyl halides is 3. The lowest BCUT2D eigenvalue weighted by Gasteiger charge is -2.19. The monoisotopic (exact) mass is 363 g/mol. The summed E-state index contributed by atoms with van der Waals surface area (Å²) in [4.78, 5) is 18.8. The number of carboxylic acids is 1. The van der Waals surface area contributed by atoms with Crippen LogP contribution in [-0.4, -0.2) is 34.6 Å². The van der Waals surface area contributed by atoms with Crippen molar-refractivity contribution in [2.75, 3.05) is 18.5 Å². The number of hydrogen-bond donors (Lipinski definition) is 1. The molecule has 1 aromatic carbocycles. The van der Waals surface area contributed by atoms with Crippen LogP contribution in [0.4, 0.5) is 19.0 Å². The third-order valence-corrected chi connectivity index (χ3v) is 3.12. The van der Waals surface area contributed by atoms with Gasteiger partial charge in [0, 0.05) is 16.9 Å². The predicted molar refractivity (Wildman–Crippen MR) is 73.1 cm³/mol. The Labute approximate surface area is 125 Å². The molecule has 2 rings (SSSR count). The maximum atomic E-state index is 12.8. The van der Waals surface area contributed by atoms with Crippen LogP contribution in [0.1, 0.15) is 5.82 Å². The number of nitrogens with zero attached hydrogens (tertiary/aromatic N) is 3. The van der Waals surface area contributed by atoms with Gasteiger partial charge in [-0.15, -0.1) is 0 Å². The fraction of sp³-hybridized carbons (Fsp3) is 0.250. The first kappa shape index (κ1) is 15.5. The molecule has 0 unspecified atom stereocenters. The average molecular weight is 364 g/mol. The Hall–Kier alpha value is -1.90. The largest absolute Gasteiger partial charge is 0.480 e. The molecule has 21 heavy (non-hydrogen) atoms. The van der Waals surface area contributed by atoms with Crippen LogP contribution in [0.15, 0.2) is 22.7 Å². The van der Waals surface area contributed by atoms with Crippen molar-refractivity contribution in [3.63, 3.8) is 0 Å². The van der Waals surface area contributed by atoms with Crippen LogP contribution in [-0.2, 0) is 11.0 Å². The van der Waals surface area contributed by atoms with Gasteiger partial charge in [-0.05, 0) is 18.2 Å². The van der Waals surface area contributed by atoms with E-state index in [9.17, 15) is 18.0 Å². The minimum atomic E-state index is -4.71. The van der Waals surface area contributed by atoms with Gasteiger partial charge in [0.15, 0.2) is 0 Å². The molecule has 0 spiro atoms. The van der Waals surface area contributed by atoms with Crippen molar-refractivity contribution in [3.05, 3.63) is 28.5 Å². The van der Waals surface area contributed by atoms with E-state index >= 15 is 0 Å². The molecule has 1 heterocycles. The van der Waals surface area contributed by atoms with E-state index in [1.54, 1.807) is 12.1 Å². The van der Waals surface area contributed by atoms with Gasteiger partial charge in [-0.3, -0.25) is 4.79 Å². The molecule has 0 bridgehead atoms. The lowest BCUT2D eigenvalue weighted by molar-refractivity contribution is -0.144. The number of aliphatic carboxylic acids is 1. The van der Waals surface area contributed by atoms with Crippen molar-refractivity contribution in [2.45, 2.75) is 6.18 Å². The molecule has 0 aliphatic heterocycles. The van der Waals surface area contributed by atoms with Crippen LogP contribution in [0.5, 0.6) is 0 Å². The zero-order chi connectivity index (χ0) is 15.8. The Morgan fingerprint density at radius 2 is 2.05 bits per heavy atom. The number of anilines is 1. The predicted octanol–water partition coefficient (Wildman–Crippen LogP) is 2.93. The summed E-state index contributed by atoms with van der Waals surface area (Å²) < 4.78 is 39.1. The van der Waals surface area contributed by atoms with E-state index in [1.807, 2.05) is 0 Å². The number of halogens is 4. The van der Waals surface area contributed by atoms with Crippen molar-refractivity contribution in [1.82, 2.24) is 9.97 Å². The highest BCUT2D eigenvalue weighted by Gasteiger charge is 2.36. The van der Waals surface area contributed by atoms with E-state index in [-0.39, 0.29) is 11.3 Å². The lowest BCUT2D eigenvalue weighted by Crippen LogP contribution is -2.27. The standard InChI is InChI=1S/C12H9BrF3N3O2/c1-19(5-9(20)21)10-7-4-6(13)2-3-8(7)17-11(18-10)12(14,15)16/h2-4H,5H2,1H3,(H,20,21). The number of carbonyl (C=O) groups is 1. The molecule has 1 N–H and O–H groups in total. The van der Waals surface area contributed by atoms with Gasteiger partial charge >= 0.3 is 12.1 Å². The highest BCUT2D eigenvalue weighted by Crippen LogP contribution is 2.32. The molecular formula is C12H9BrF3N3O2. The molecule has 0 saturated heterocycles. The highest BCUT2D eigenvalue weighted by atomic mass is 79.9. The van der Waals surface area contributed by atoms with Gasteiger partial charge < -0.3 is 10.0 Å². The molecule has 0 atom stereocenters. The molecule has 0 aliphatic carbocycles. The Balaban J connectivity index is 2.69. The number of benzene rings is 1. The second-order valence-corrected chi connectivity index (χ2v) is 5.20. The molecule has 0 saturated carbocycles. The number of fused-ring (bicyclic) bond motifs is 1. The summed E-state index contributed by atoms with van der Waals surface area (Å²) >= 11 is 3.21. The van der Waals surface area contributed by atoms with Crippen molar-refractivity contribution >= 4 is 38.6 Å². The molecular weight excluding hydrogens is 355 g/mol. The number of carboxylic acid groups (broad SMARTS) is 1. The van der Waals surface area contributed by atoms with E-state index in [4.69, 9.17) is 5.11 Å². The highest BCUT2D eigenvalue weighted by molar-refractivity contribution is 9.10. The summed E-state index contributed by atoms with van der Waals surface area (Å²) in [6.45, 7) is -0.476. The maximum absolute atomic E-state index is 12.8. The number of hydrogen-bond acceptors (Lipinski definition) is 4. The Morgan fingerprint density at radius 1 is 1.38 bits per heavy atom. The van der Waals surface area contributed by atoms with Crippen LogP contribution in [0.2, 0.25) is 0 Å². The first-order chi connectivity index (χ1) is 9.68. The number of aromatic nitrogens is 2. The molecule has 112 valence electrons. The summed E-state index contributed by atoms with van der Waals surface area (Å²) in [5, 5.41) is 9.12. The van der Waals surface area contributed by atoms with Gasteiger partial charge in [-0.1, -0.05) is 15.9 Å².